The highest BCUT2D eigenvalue weighted by Crippen LogP contribution is 2.33. The highest BCUT2D eigenvalue weighted by molar-refractivity contribution is 9.10. The molecule has 1 aromatic rings. The first-order valence-electron chi connectivity index (χ1n) is 4.28. The lowest BCUT2D eigenvalue weighted by Crippen LogP contribution is -2.11. The van der Waals surface area contributed by atoms with E-state index in [2.05, 4.69) is 21.2 Å². The summed E-state index contributed by atoms with van der Waals surface area (Å²) in [6, 6.07) is 4.06. The number of ether oxygens (including phenoxy) is 1. The number of hydrogen-bond acceptors (Lipinski definition) is 3. The van der Waals surface area contributed by atoms with Gasteiger partial charge >= 0.3 is 0 Å². The highest BCUT2D eigenvalue weighted by Gasteiger charge is 2.12. The van der Waals surface area contributed by atoms with Gasteiger partial charge < -0.3 is 10.1 Å². The summed E-state index contributed by atoms with van der Waals surface area (Å²) in [5.74, 6) is -0.770. The average Bonchev–Trinajstić information content (AvgIpc) is 2.22. The van der Waals surface area contributed by atoms with Gasteiger partial charge in [-0.15, -0.1) is 0 Å². The Morgan fingerprint density at radius 1 is 1.69 bits per heavy atom. The molecule has 0 saturated carbocycles. The minimum Gasteiger partial charge on any atom is -0.494 e. The van der Waals surface area contributed by atoms with Crippen LogP contribution in [0.15, 0.2) is 16.6 Å². The van der Waals surface area contributed by atoms with Gasteiger partial charge in [-0.1, -0.05) is 0 Å². The molecule has 4 nitrogen and oxygen atoms in total. The predicted octanol–water partition coefficient (Wildman–Crippen LogP) is 2.45. The molecule has 0 saturated heterocycles. The summed E-state index contributed by atoms with van der Waals surface area (Å²) in [5.41, 5.74) is 0.309. The van der Waals surface area contributed by atoms with E-state index >= 15 is 0 Å². The zero-order valence-electron chi connectivity index (χ0n) is 8.38. The van der Waals surface area contributed by atoms with Crippen LogP contribution >= 0.6 is 15.9 Å². The van der Waals surface area contributed by atoms with E-state index in [0.717, 1.165) is 6.07 Å². The fourth-order valence-electron chi connectivity index (χ4n) is 1.09. The topological polar surface area (TPSA) is 62.1 Å². The molecule has 1 rings (SSSR count). The molecule has 0 fully saturated rings. The van der Waals surface area contributed by atoms with Crippen molar-refractivity contribution in [3.8, 4) is 11.8 Å². The van der Waals surface area contributed by atoms with Crippen LogP contribution in [0, 0.1) is 17.1 Å². The Hall–Kier alpha value is -1.61. The maximum absolute atomic E-state index is 13.0. The Morgan fingerprint density at radius 3 is 2.94 bits per heavy atom. The van der Waals surface area contributed by atoms with E-state index in [4.69, 9.17) is 10.00 Å². The maximum Gasteiger partial charge on any atom is 0.238 e. The fraction of sp³-hybridized carbons (Fsp3) is 0.200. The molecular weight excluding hydrogens is 279 g/mol. The Labute approximate surface area is 100 Å². The van der Waals surface area contributed by atoms with Crippen LogP contribution in [0.3, 0.4) is 0 Å². The van der Waals surface area contributed by atoms with Gasteiger partial charge in [0.2, 0.25) is 5.91 Å². The van der Waals surface area contributed by atoms with Crippen LogP contribution in [0.5, 0.6) is 5.75 Å². The van der Waals surface area contributed by atoms with Gasteiger partial charge in [0.05, 0.1) is 18.9 Å². The molecule has 16 heavy (non-hydrogen) atoms. The molecule has 0 radical (unpaired) electrons. The first-order valence-corrected chi connectivity index (χ1v) is 5.07. The summed E-state index contributed by atoms with van der Waals surface area (Å²) in [7, 11) is 1.36. The van der Waals surface area contributed by atoms with E-state index in [-0.39, 0.29) is 12.2 Å². The summed E-state index contributed by atoms with van der Waals surface area (Å²) in [6.07, 6.45) is -0.271. The molecule has 0 aliphatic rings. The smallest absolute Gasteiger partial charge is 0.238 e. The summed E-state index contributed by atoms with van der Waals surface area (Å²) in [5, 5.41) is 10.8. The molecule has 0 aromatic heterocycles. The monoisotopic (exact) mass is 286 g/mol. The van der Waals surface area contributed by atoms with E-state index in [1.54, 1.807) is 6.07 Å². The molecule has 0 bridgehead atoms. The lowest BCUT2D eigenvalue weighted by molar-refractivity contribution is -0.115. The minimum atomic E-state index is -0.484. The molecule has 0 heterocycles. The zero-order chi connectivity index (χ0) is 12.1. The van der Waals surface area contributed by atoms with Gasteiger partial charge in [0, 0.05) is 10.5 Å². The Morgan fingerprint density at radius 2 is 2.38 bits per heavy atom. The molecule has 6 heteroatoms. The third kappa shape index (κ3) is 2.94. The number of amides is 1. The molecule has 0 atom stereocenters. The lowest BCUT2D eigenvalue weighted by atomic mass is 10.2. The minimum absolute atomic E-state index is 0.193. The van der Waals surface area contributed by atoms with Crippen molar-refractivity contribution in [1.82, 2.24) is 0 Å². The second-order valence-electron chi connectivity index (χ2n) is 2.85. The Kier molecular flexibility index (Phi) is 4.26. The van der Waals surface area contributed by atoms with E-state index in [1.807, 2.05) is 0 Å². The van der Waals surface area contributed by atoms with E-state index in [0.29, 0.717) is 10.2 Å². The molecule has 1 aromatic carbocycles. The van der Waals surface area contributed by atoms with Crippen LogP contribution in [-0.4, -0.2) is 13.0 Å². The van der Waals surface area contributed by atoms with E-state index < -0.39 is 11.7 Å². The van der Waals surface area contributed by atoms with Crippen LogP contribution < -0.4 is 10.1 Å². The first-order chi connectivity index (χ1) is 7.58. The normalized spacial score (nSPS) is 9.38. The summed E-state index contributed by atoms with van der Waals surface area (Å²) < 4.78 is 18.3. The standard InChI is InChI=1S/C10H8BrFN2O2/c1-16-8-5-6(12)4-7(11)10(8)14-9(15)2-3-13/h4-5H,2H2,1H3,(H,14,15). The molecule has 1 N–H and O–H groups in total. The Balaban J connectivity index is 3.03. The molecule has 0 aliphatic heterocycles. The largest absolute Gasteiger partial charge is 0.494 e. The quantitative estimate of drug-likeness (QED) is 0.928. The molecule has 1 amide bonds. The van der Waals surface area contributed by atoms with Gasteiger partial charge in [-0.25, -0.2) is 4.39 Å². The van der Waals surface area contributed by atoms with Crippen molar-refractivity contribution < 1.29 is 13.9 Å². The number of halogens is 2. The van der Waals surface area contributed by atoms with Crippen LogP contribution in [0.2, 0.25) is 0 Å². The van der Waals surface area contributed by atoms with Gasteiger partial charge in [0.1, 0.15) is 18.0 Å². The number of nitrogens with zero attached hydrogens (tertiary/aromatic N) is 1. The van der Waals surface area contributed by atoms with E-state index in [9.17, 15) is 9.18 Å². The summed E-state index contributed by atoms with van der Waals surface area (Å²) >= 11 is 3.10. The van der Waals surface area contributed by atoms with Crippen LogP contribution in [0.4, 0.5) is 10.1 Å². The Bertz CT molecular complexity index is 457. The van der Waals surface area contributed by atoms with Gasteiger partial charge in [-0.05, 0) is 22.0 Å². The lowest BCUT2D eigenvalue weighted by Gasteiger charge is -2.11. The van der Waals surface area contributed by atoms with Crippen molar-refractivity contribution in [3.63, 3.8) is 0 Å². The summed E-state index contributed by atoms with van der Waals surface area (Å²) in [6.45, 7) is 0. The SMILES string of the molecule is COc1cc(F)cc(Br)c1NC(=O)CC#N. The first kappa shape index (κ1) is 12.5. The third-order valence-corrected chi connectivity index (χ3v) is 2.37. The fourth-order valence-corrected chi connectivity index (χ4v) is 1.60. The highest BCUT2D eigenvalue weighted by atomic mass is 79.9. The van der Waals surface area contributed by atoms with Crippen molar-refractivity contribution in [2.24, 2.45) is 0 Å². The van der Waals surface area contributed by atoms with Crippen LogP contribution in [-0.2, 0) is 4.79 Å². The van der Waals surface area contributed by atoms with Crippen molar-refractivity contribution in [2.45, 2.75) is 6.42 Å². The zero-order valence-corrected chi connectivity index (χ0v) is 9.97. The maximum atomic E-state index is 13.0. The number of anilines is 1. The molecule has 0 unspecified atom stereocenters. The number of benzene rings is 1. The number of carbonyl (C=O) groups is 1. The van der Waals surface area contributed by atoms with Crippen LogP contribution in [0.25, 0.3) is 0 Å². The van der Waals surface area contributed by atoms with Crippen molar-refractivity contribution in [2.75, 3.05) is 12.4 Å². The third-order valence-electron chi connectivity index (χ3n) is 1.74. The van der Waals surface area contributed by atoms with Gasteiger partial charge in [0.25, 0.3) is 0 Å². The predicted molar refractivity (Wildman–Crippen MR) is 59.5 cm³/mol. The molecule has 0 aliphatic carbocycles. The second-order valence-corrected chi connectivity index (χ2v) is 3.70. The van der Waals surface area contributed by atoms with E-state index in [1.165, 1.54) is 13.2 Å². The van der Waals surface area contributed by atoms with Crippen molar-refractivity contribution >= 4 is 27.5 Å². The van der Waals surface area contributed by atoms with Gasteiger partial charge in [-0.3, -0.25) is 4.79 Å². The number of rotatable bonds is 3. The number of methoxy groups -OCH3 is 1. The second kappa shape index (κ2) is 5.47. The van der Waals surface area contributed by atoms with Crippen molar-refractivity contribution in [3.05, 3.63) is 22.4 Å². The molecule has 0 spiro atoms. The summed E-state index contributed by atoms with van der Waals surface area (Å²) in [4.78, 5) is 11.2. The number of nitriles is 1. The number of carbonyl (C=O) groups excluding carboxylic acids is 1. The van der Waals surface area contributed by atoms with Gasteiger partial charge in [0.15, 0.2) is 0 Å². The average molecular weight is 287 g/mol. The number of nitrogens with one attached hydrogen (secondary N) is 1. The van der Waals surface area contributed by atoms with Crippen LogP contribution in [0.1, 0.15) is 6.42 Å². The molecule has 84 valence electrons. The molecular formula is C10H8BrFN2O2. The van der Waals surface area contributed by atoms with Crippen molar-refractivity contribution in [1.29, 1.82) is 5.26 Å². The number of hydrogen-bond donors (Lipinski definition) is 1. The van der Waals surface area contributed by atoms with Gasteiger partial charge in [-0.2, -0.15) is 5.26 Å².